The minimum Gasteiger partial charge on any atom is -0.364 e. The second-order valence-electron chi connectivity index (χ2n) is 4.34. The van der Waals surface area contributed by atoms with Crippen molar-refractivity contribution in [1.29, 1.82) is 5.26 Å². The molecule has 2 aromatic rings. The highest BCUT2D eigenvalue weighted by atomic mass is 32.2. The average Bonchev–Trinajstić information content (AvgIpc) is 2.97. The Bertz CT molecular complexity index is 806. The van der Waals surface area contributed by atoms with Gasteiger partial charge in [0.25, 0.3) is 0 Å². The van der Waals surface area contributed by atoms with Crippen LogP contribution in [0.3, 0.4) is 0 Å². The minimum absolute atomic E-state index is 0.0434. The number of rotatable bonds is 4. The molecule has 116 valence electrons. The number of halogens is 3. The van der Waals surface area contributed by atoms with Crippen LogP contribution < -0.4 is 4.72 Å². The maximum atomic E-state index is 12.7. The van der Waals surface area contributed by atoms with Gasteiger partial charge in [-0.25, -0.2) is 13.1 Å². The van der Waals surface area contributed by atoms with Crippen LogP contribution in [-0.2, 0) is 22.7 Å². The Morgan fingerprint density at radius 2 is 2.00 bits per heavy atom. The van der Waals surface area contributed by atoms with Crippen molar-refractivity contribution in [2.24, 2.45) is 0 Å². The van der Waals surface area contributed by atoms with Gasteiger partial charge in [0.15, 0.2) is 0 Å². The zero-order valence-electron chi connectivity index (χ0n) is 11.0. The van der Waals surface area contributed by atoms with Crippen LogP contribution in [0.4, 0.5) is 13.2 Å². The third-order valence-electron chi connectivity index (χ3n) is 2.84. The van der Waals surface area contributed by atoms with E-state index < -0.39 is 32.2 Å². The number of hydrogen-bond donors (Lipinski definition) is 2. The molecule has 0 unspecified atom stereocenters. The van der Waals surface area contributed by atoms with Crippen LogP contribution in [0.2, 0.25) is 0 Å². The molecule has 2 N–H and O–H groups in total. The van der Waals surface area contributed by atoms with Crippen molar-refractivity contribution in [2.45, 2.75) is 17.6 Å². The zero-order chi connectivity index (χ0) is 16.4. The first-order valence-corrected chi connectivity index (χ1v) is 7.45. The van der Waals surface area contributed by atoms with Gasteiger partial charge in [0.2, 0.25) is 10.0 Å². The molecule has 0 spiro atoms. The predicted molar refractivity (Wildman–Crippen MR) is 71.0 cm³/mol. The molecule has 9 heteroatoms. The Morgan fingerprint density at radius 3 is 2.55 bits per heavy atom. The molecule has 0 amide bonds. The quantitative estimate of drug-likeness (QED) is 0.903. The fourth-order valence-electron chi connectivity index (χ4n) is 1.76. The lowest BCUT2D eigenvalue weighted by atomic mass is 10.1. The number of benzene rings is 1. The third-order valence-corrected chi connectivity index (χ3v) is 4.24. The van der Waals surface area contributed by atoms with E-state index in [1.54, 1.807) is 18.3 Å². The number of nitrogens with one attached hydrogen (secondary N) is 2. The van der Waals surface area contributed by atoms with Gasteiger partial charge >= 0.3 is 6.18 Å². The van der Waals surface area contributed by atoms with Crippen molar-refractivity contribution < 1.29 is 21.6 Å². The van der Waals surface area contributed by atoms with Crippen LogP contribution in [0, 0.1) is 11.3 Å². The molecule has 0 radical (unpaired) electrons. The van der Waals surface area contributed by atoms with E-state index in [1.807, 2.05) is 0 Å². The van der Waals surface area contributed by atoms with Gasteiger partial charge in [0.1, 0.15) is 0 Å². The number of sulfonamides is 1. The largest absolute Gasteiger partial charge is 0.417 e. The van der Waals surface area contributed by atoms with E-state index in [0.29, 0.717) is 17.8 Å². The first-order valence-electron chi connectivity index (χ1n) is 5.97. The summed E-state index contributed by atoms with van der Waals surface area (Å²) in [6.07, 6.45) is -3.11. The Hall–Kier alpha value is -2.31. The summed E-state index contributed by atoms with van der Waals surface area (Å²) in [7, 11) is -4.02. The monoisotopic (exact) mass is 329 g/mol. The Labute approximate surface area is 124 Å². The summed E-state index contributed by atoms with van der Waals surface area (Å²) in [5, 5.41) is 8.78. The molecule has 0 aliphatic heterocycles. The highest BCUT2D eigenvalue weighted by molar-refractivity contribution is 7.89. The Morgan fingerprint density at radius 1 is 1.27 bits per heavy atom. The van der Waals surface area contributed by atoms with Crippen molar-refractivity contribution in [1.82, 2.24) is 9.71 Å². The third kappa shape index (κ3) is 3.47. The highest BCUT2D eigenvalue weighted by Crippen LogP contribution is 2.32. The van der Waals surface area contributed by atoms with Gasteiger partial charge in [-0.3, -0.25) is 0 Å². The van der Waals surface area contributed by atoms with E-state index in [9.17, 15) is 21.6 Å². The molecule has 0 saturated heterocycles. The molecule has 1 heterocycles. The van der Waals surface area contributed by atoms with E-state index in [4.69, 9.17) is 5.26 Å². The molecule has 0 saturated carbocycles. The van der Waals surface area contributed by atoms with Gasteiger partial charge in [-0.05, 0) is 30.3 Å². The van der Waals surface area contributed by atoms with Gasteiger partial charge < -0.3 is 4.98 Å². The van der Waals surface area contributed by atoms with Crippen LogP contribution in [0.1, 0.15) is 16.8 Å². The van der Waals surface area contributed by atoms with Gasteiger partial charge in [-0.2, -0.15) is 18.4 Å². The predicted octanol–water partition coefficient (Wildman–Crippen LogP) is 2.38. The van der Waals surface area contributed by atoms with E-state index in [2.05, 4.69) is 9.71 Å². The van der Waals surface area contributed by atoms with Crippen LogP contribution >= 0.6 is 0 Å². The summed E-state index contributed by atoms with van der Waals surface area (Å²) < 4.78 is 64.4. The topological polar surface area (TPSA) is 85.8 Å². The van der Waals surface area contributed by atoms with E-state index in [-0.39, 0.29) is 6.54 Å². The SMILES string of the molecule is N#Cc1cc(S(=O)(=O)NCc2ccc[nH]2)ccc1C(F)(F)F. The highest BCUT2D eigenvalue weighted by Gasteiger charge is 2.34. The van der Waals surface area contributed by atoms with Crippen LogP contribution in [0.25, 0.3) is 0 Å². The van der Waals surface area contributed by atoms with E-state index >= 15 is 0 Å². The second kappa shape index (κ2) is 5.82. The molecule has 0 bridgehead atoms. The number of nitrogens with zero attached hydrogens (tertiary/aromatic N) is 1. The molecule has 1 aromatic carbocycles. The number of aromatic nitrogens is 1. The summed E-state index contributed by atoms with van der Waals surface area (Å²) in [6.45, 7) is -0.0434. The van der Waals surface area contributed by atoms with E-state index in [0.717, 1.165) is 6.07 Å². The molecule has 0 aliphatic rings. The fraction of sp³-hybridized carbons (Fsp3) is 0.154. The summed E-state index contributed by atoms with van der Waals surface area (Å²) in [4.78, 5) is 2.39. The Balaban J connectivity index is 2.30. The van der Waals surface area contributed by atoms with Gasteiger partial charge in [-0.1, -0.05) is 0 Å². The minimum atomic E-state index is -4.72. The smallest absolute Gasteiger partial charge is 0.364 e. The summed E-state index contributed by atoms with van der Waals surface area (Å²) in [6, 6.07) is 6.80. The number of nitriles is 1. The summed E-state index contributed by atoms with van der Waals surface area (Å²) >= 11 is 0. The molecular formula is C13H10F3N3O2S. The fourth-order valence-corrected chi connectivity index (χ4v) is 2.80. The summed E-state index contributed by atoms with van der Waals surface area (Å²) in [5.74, 6) is 0. The normalized spacial score (nSPS) is 12.1. The van der Waals surface area contributed by atoms with Crippen LogP contribution in [0.5, 0.6) is 0 Å². The maximum absolute atomic E-state index is 12.7. The van der Waals surface area contributed by atoms with Gasteiger partial charge in [0.05, 0.1) is 28.6 Å². The molecular weight excluding hydrogens is 319 g/mol. The average molecular weight is 329 g/mol. The molecule has 2 rings (SSSR count). The first-order chi connectivity index (χ1) is 10.2. The van der Waals surface area contributed by atoms with Crippen molar-refractivity contribution >= 4 is 10.0 Å². The summed E-state index contributed by atoms with van der Waals surface area (Å²) in [5.41, 5.74) is -1.32. The number of alkyl halides is 3. The number of H-pyrrole nitrogens is 1. The zero-order valence-corrected chi connectivity index (χ0v) is 11.8. The second-order valence-corrected chi connectivity index (χ2v) is 6.10. The maximum Gasteiger partial charge on any atom is 0.417 e. The lowest BCUT2D eigenvalue weighted by Crippen LogP contribution is -2.23. The number of hydrogen-bond acceptors (Lipinski definition) is 3. The van der Waals surface area contributed by atoms with Gasteiger partial charge in [0, 0.05) is 11.9 Å². The molecule has 0 aliphatic carbocycles. The van der Waals surface area contributed by atoms with Crippen LogP contribution in [-0.4, -0.2) is 13.4 Å². The van der Waals surface area contributed by atoms with Crippen molar-refractivity contribution in [3.63, 3.8) is 0 Å². The molecule has 0 fully saturated rings. The standard InChI is InChI=1S/C13H10F3N3O2S/c14-13(15,16)12-4-3-11(6-9(12)7-17)22(20,21)19-8-10-2-1-5-18-10/h1-6,18-19H,8H2. The molecule has 0 atom stereocenters. The van der Waals surface area contributed by atoms with Crippen LogP contribution in [0.15, 0.2) is 41.4 Å². The van der Waals surface area contributed by atoms with Crippen molar-refractivity contribution in [3.8, 4) is 6.07 Å². The van der Waals surface area contributed by atoms with E-state index in [1.165, 1.54) is 6.07 Å². The van der Waals surface area contributed by atoms with Gasteiger partial charge in [-0.15, -0.1) is 0 Å². The first kappa shape index (κ1) is 16.1. The lowest BCUT2D eigenvalue weighted by molar-refractivity contribution is -0.137. The number of aromatic amines is 1. The van der Waals surface area contributed by atoms with Crippen molar-refractivity contribution in [3.05, 3.63) is 53.3 Å². The lowest BCUT2D eigenvalue weighted by Gasteiger charge is -2.11. The van der Waals surface area contributed by atoms with Crippen molar-refractivity contribution in [2.75, 3.05) is 0 Å². The molecule has 1 aromatic heterocycles. The molecule has 22 heavy (non-hydrogen) atoms. The Kier molecular flexibility index (Phi) is 4.25. The molecule has 5 nitrogen and oxygen atoms in total.